The Hall–Kier alpha value is -2.64. The third-order valence-corrected chi connectivity index (χ3v) is 3.86. The van der Waals surface area contributed by atoms with Gasteiger partial charge in [0, 0.05) is 25.4 Å². The number of halogens is 3. The highest BCUT2D eigenvalue weighted by Crippen LogP contribution is 2.32. The number of aromatic nitrogens is 2. The van der Waals surface area contributed by atoms with E-state index < -0.39 is 17.8 Å². The van der Waals surface area contributed by atoms with E-state index in [-0.39, 0.29) is 18.2 Å². The summed E-state index contributed by atoms with van der Waals surface area (Å²) in [6.07, 6.45) is -0.542. The number of nitrogens with zero attached hydrogens (tertiary/aromatic N) is 2. The molecule has 0 aliphatic rings. The first-order valence-corrected chi connectivity index (χ1v) is 8.73. The molecule has 0 saturated carbocycles. The van der Waals surface area contributed by atoms with E-state index in [1.165, 1.54) is 6.07 Å². The average molecular weight is 380 g/mol. The van der Waals surface area contributed by atoms with Crippen molar-refractivity contribution in [2.45, 2.75) is 38.9 Å². The van der Waals surface area contributed by atoms with E-state index in [0.717, 1.165) is 12.1 Å². The van der Waals surface area contributed by atoms with Gasteiger partial charge in [-0.2, -0.15) is 13.2 Å². The van der Waals surface area contributed by atoms with Gasteiger partial charge in [-0.05, 0) is 36.1 Å². The molecule has 0 aliphatic heterocycles. The number of nitrogens with one attached hydrogen (secondary N) is 2. The van der Waals surface area contributed by atoms with Crippen LogP contribution in [-0.2, 0) is 11.0 Å². The summed E-state index contributed by atoms with van der Waals surface area (Å²) in [7, 11) is 0. The van der Waals surface area contributed by atoms with Crippen molar-refractivity contribution in [3.8, 4) is 0 Å². The van der Waals surface area contributed by atoms with Gasteiger partial charge in [0.25, 0.3) is 0 Å². The van der Waals surface area contributed by atoms with Crippen LogP contribution in [0.5, 0.6) is 0 Å². The predicted octanol–water partition coefficient (Wildman–Crippen LogP) is 4.20. The van der Waals surface area contributed by atoms with Crippen molar-refractivity contribution < 1.29 is 18.0 Å². The summed E-state index contributed by atoms with van der Waals surface area (Å²) in [5.41, 5.74) is -0.267. The lowest BCUT2D eigenvalue weighted by Gasteiger charge is -2.22. The zero-order valence-electron chi connectivity index (χ0n) is 15.3. The second-order valence-corrected chi connectivity index (χ2v) is 6.62. The Morgan fingerprint density at radius 3 is 2.48 bits per heavy atom. The van der Waals surface area contributed by atoms with E-state index in [9.17, 15) is 18.0 Å². The van der Waals surface area contributed by atoms with Crippen molar-refractivity contribution in [3.63, 3.8) is 0 Å². The summed E-state index contributed by atoms with van der Waals surface area (Å²) in [6.45, 7) is 4.25. The first-order valence-electron chi connectivity index (χ1n) is 8.73. The van der Waals surface area contributed by atoms with Gasteiger partial charge >= 0.3 is 6.18 Å². The van der Waals surface area contributed by atoms with Crippen LogP contribution in [0.3, 0.4) is 0 Å². The standard InChI is InChI=1S/C19H23F3N4O/c1-13(2)11-16(14-5-3-6-15(12-14)19(20,21)22)26-17(27)7-10-25-18-23-8-4-9-24-18/h3-6,8-9,12-13,16H,7,10-11H2,1-2H3,(H,26,27)(H,23,24,25). The topological polar surface area (TPSA) is 66.9 Å². The zero-order chi connectivity index (χ0) is 19.9. The first kappa shape index (κ1) is 20.7. The molecule has 0 radical (unpaired) electrons. The Morgan fingerprint density at radius 2 is 1.85 bits per heavy atom. The summed E-state index contributed by atoms with van der Waals surface area (Å²) in [6, 6.07) is 6.31. The normalized spacial score (nSPS) is 12.7. The van der Waals surface area contributed by atoms with Crippen LogP contribution in [0.15, 0.2) is 42.7 Å². The lowest BCUT2D eigenvalue weighted by molar-refractivity contribution is -0.137. The predicted molar refractivity (Wildman–Crippen MR) is 96.9 cm³/mol. The van der Waals surface area contributed by atoms with Gasteiger partial charge < -0.3 is 10.6 Å². The van der Waals surface area contributed by atoms with E-state index in [1.807, 2.05) is 13.8 Å². The number of benzene rings is 1. The number of rotatable bonds is 8. The van der Waals surface area contributed by atoms with Gasteiger partial charge in [-0.3, -0.25) is 4.79 Å². The molecule has 1 atom stereocenters. The summed E-state index contributed by atoms with van der Waals surface area (Å²) in [4.78, 5) is 20.3. The molecule has 1 heterocycles. The summed E-state index contributed by atoms with van der Waals surface area (Å²) in [5.74, 6) is 0.379. The number of hydrogen-bond donors (Lipinski definition) is 2. The van der Waals surface area contributed by atoms with Crippen LogP contribution < -0.4 is 10.6 Å². The van der Waals surface area contributed by atoms with Gasteiger partial charge in [0.15, 0.2) is 0 Å². The van der Waals surface area contributed by atoms with Crippen LogP contribution in [0.2, 0.25) is 0 Å². The molecule has 146 valence electrons. The molecule has 27 heavy (non-hydrogen) atoms. The zero-order valence-corrected chi connectivity index (χ0v) is 15.3. The summed E-state index contributed by atoms with van der Waals surface area (Å²) in [5, 5.41) is 5.77. The van der Waals surface area contributed by atoms with Crippen molar-refractivity contribution >= 4 is 11.9 Å². The van der Waals surface area contributed by atoms with Crippen LogP contribution in [-0.4, -0.2) is 22.4 Å². The molecule has 2 aromatic rings. The molecule has 8 heteroatoms. The Kier molecular flexibility index (Phi) is 7.15. The van der Waals surface area contributed by atoms with Crippen LogP contribution >= 0.6 is 0 Å². The van der Waals surface area contributed by atoms with Crippen molar-refractivity contribution in [1.29, 1.82) is 0 Å². The van der Waals surface area contributed by atoms with E-state index in [2.05, 4.69) is 20.6 Å². The van der Waals surface area contributed by atoms with E-state index in [4.69, 9.17) is 0 Å². The number of hydrogen-bond acceptors (Lipinski definition) is 4. The van der Waals surface area contributed by atoms with E-state index in [1.54, 1.807) is 24.5 Å². The minimum absolute atomic E-state index is 0.159. The smallest absolute Gasteiger partial charge is 0.354 e. The van der Waals surface area contributed by atoms with Crippen LogP contribution in [0, 0.1) is 5.92 Å². The molecule has 5 nitrogen and oxygen atoms in total. The van der Waals surface area contributed by atoms with Gasteiger partial charge in [-0.15, -0.1) is 0 Å². The number of carbonyl (C=O) groups excluding carboxylic acids is 1. The van der Waals surface area contributed by atoms with Crippen molar-refractivity contribution in [2.75, 3.05) is 11.9 Å². The van der Waals surface area contributed by atoms with Crippen molar-refractivity contribution in [2.24, 2.45) is 5.92 Å². The van der Waals surface area contributed by atoms with Crippen LogP contribution in [0.4, 0.5) is 19.1 Å². The second-order valence-electron chi connectivity index (χ2n) is 6.62. The fourth-order valence-electron chi connectivity index (χ4n) is 2.63. The number of amides is 1. The molecule has 1 amide bonds. The molecule has 1 unspecified atom stereocenters. The third kappa shape index (κ3) is 6.88. The number of alkyl halides is 3. The molecular formula is C19H23F3N4O. The Morgan fingerprint density at radius 1 is 1.15 bits per heavy atom. The summed E-state index contributed by atoms with van der Waals surface area (Å²) < 4.78 is 38.9. The Bertz CT molecular complexity index is 735. The van der Waals surface area contributed by atoms with Gasteiger partial charge in [-0.1, -0.05) is 26.0 Å². The average Bonchev–Trinajstić information content (AvgIpc) is 2.61. The Labute approximate surface area is 156 Å². The number of anilines is 1. The van der Waals surface area contributed by atoms with Gasteiger partial charge in [-0.25, -0.2) is 9.97 Å². The molecule has 0 bridgehead atoms. The molecule has 0 fully saturated rings. The van der Waals surface area contributed by atoms with Crippen molar-refractivity contribution in [1.82, 2.24) is 15.3 Å². The maximum atomic E-state index is 13.0. The van der Waals surface area contributed by atoms with Gasteiger partial charge in [0.05, 0.1) is 11.6 Å². The highest BCUT2D eigenvalue weighted by atomic mass is 19.4. The molecule has 0 spiro atoms. The fraction of sp³-hybridized carbons (Fsp3) is 0.421. The molecule has 2 rings (SSSR count). The molecular weight excluding hydrogens is 357 g/mol. The maximum Gasteiger partial charge on any atom is 0.416 e. The van der Waals surface area contributed by atoms with Gasteiger partial charge in [0.2, 0.25) is 11.9 Å². The highest BCUT2D eigenvalue weighted by molar-refractivity contribution is 5.77. The molecule has 1 aromatic heterocycles. The van der Waals surface area contributed by atoms with Crippen LogP contribution in [0.1, 0.15) is 43.9 Å². The van der Waals surface area contributed by atoms with E-state index in [0.29, 0.717) is 24.5 Å². The SMILES string of the molecule is CC(C)CC(NC(=O)CCNc1ncccn1)c1cccc(C(F)(F)F)c1. The quantitative estimate of drug-likeness (QED) is 0.720. The highest BCUT2D eigenvalue weighted by Gasteiger charge is 2.31. The second kappa shape index (κ2) is 9.34. The molecule has 0 aliphatic carbocycles. The molecule has 1 aromatic carbocycles. The van der Waals surface area contributed by atoms with Gasteiger partial charge in [0.1, 0.15) is 0 Å². The Balaban J connectivity index is 2.00. The fourth-order valence-corrected chi connectivity index (χ4v) is 2.63. The largest absolute Gasteiger partial charge is 0.416 e. The number of carbonyl (C=O) groups is 1. The molecule has 0 saturated heterocycles. The van der Waals surface area contributed by atoms with E-state index >= 15 is 0 Å². The summed E-state index contributed by atoms with van der Waals surface area (Å²) >= 11 is 0. The molecule has 2 N–H and O–H groups in total. The third-order valence-electron chi connectivity index (χ3n) is 3.86. The monoisotopic (exact) mass is 380 g/mol. The lowest BCUT2D eigenvalue weighted by atomic mass is 9.95. The first-order chi connectivity index (χ1) is 12.8. The maximum absolute atomic E-state index is 13.0. The minimum Gasteiger partial charge on any atom is -0.354 e. The van der Waals surface area contributed by atoms with Crippen LogP contribution in [0.25, 0.3) is 0 Å². The minimum atomic E-state index is -4.41. The van der Waals surface area contributed by atoms with Crippen molar-refractivity contribution in [3.05, 3.63) is 53.9 Å². The lowest BCUT2D eigenvalue weighted by Crippen LogP contribution is -2.31.